The summed E-state index contributed by atoms with van der Waals surface area (Å²) in [7, 11) is 0. The maximum atomic E-state index is 9.16. The topological polar surface area (TPSA) is 68.9 Å². The van der Waals surface area contributed by atoms with E-state index in [1.807, 2.05) is 18.2 Å². The molecule has 0 unspecified atom stereocenters. The molecule has 6 nitrogen and oxygen atoms in total. The fourth-order valence-electron chi connectivity index (χ4n) is 4.45. The number of nitriles is 1. The Kier molecular flexibility index (Phi) is 4.92. The van der Waals surface area contributed by atoms with Crippen LogP contribution in [0.4, 0.5) is 11.6 Å². The first-order chi connectivity index (χ1) is 14.6. The molecular weight excluding hydrogens is 396 g/mol. The van der Waals surface area contributed by atoms with E-state index in [0.717, 1.165) is 67.3 Å². The van der Waals surface area contributed by atoms with Gasteiger partial charge in [0, 0.05) is 60.8 Å². The molecule has 2 aliphatic heterocycles. The van der Waals surface area contributed by atoms with Gasteiger partial charge in [0.15, 0.2) is 5.82 Å². The zero-order valence-electron chi connectivity index (χ0n) is 16.9. The van der Waals surface area contributed by atoms with Crippen LogP contribution in [-0.4, -0.2) is 41.1 Å². The van der Waals surface area contributed by atoms with Crippen LogP contribution in [0.2, 0.25) is 5.02 Å². The quantitative estimate of drug-likeness (QED) is 0.630. The Morgan fingerprint density at radius 1 is 1.07 bits per heavy atom. The van der Waals surface area contributed by atoms with Crippen molar-refractivity contribution in [3.05, 3.63) is 52.9 Å². The van der Waals surface area contributed by atoms with E-state index in [4.69, 9.17) is 21.8 Å². The van der Waals surface area contributed by atoms with Gasteiger partial charge in [0.1, 0.15) is 5.82 Å². The molecule has 4 heterocycles. The summed E-state index contributed by atoms with van der Waals surface area (Å²) in [5.41, 5.74) is 3.20. The van der Waals surface area contributed by atoms with Gasteiger partial charge in [0.25, 0.3) is 0 Å². The van der Waals surface area contributed by atoms with E-state index in [9.17, 15) is 0 Å². The third kappa shape index (κ3) is 3.44. The zero-order chi connectivity index (χ0) is 20.7. The summed E-state index contributed by atoms with van der Waals surface area (Å²) in [6.07, 6.45) is 5.34. The van der Waals surface area contributed by atoms with Gasteiger partial charge < -0.3 is 9.80 Å². The minimum atomic E-state index is 0.163. The van der Waals surface area contributed by atoms with Crippen LogP contribution in [0.5, 0.6) is 0 Å². The van der Waals surface area contributed by atoms with Crippen LogP contribution in [0.15, 0.2) is 36.7 Å². The number of hydrogen-bond donors (Lipinski definition) is 0. The Labute approximate surface area is 181 Å². The Morgan fingerprint density at radius 3 is 2.60 bits per heavy atom. The Morgan fingerprint density at radius 2 is 1.83 bits per heavy atom. The molecule has 2 aromatic heterocycles. The van der Waals surface area contributed by atoms with Crippen molar-refractivity contribution in [1.82, 2.24) is 15.0 Å². The molecule has 0 amide bonds. The maximum absolute atomic E-state index is 9.16. The van der Waals surface area contributed by atoms with Gasteiger partial charge in [-0.1, -0.05) is 17.7 Å². The molecule has 2 saturated heterocycles. The lowest BCUT2D eigenvalue weighted by Gasteiger charge is -2.41. The van der Waals surface area contributed by atoms with E-state index in [-0.39, 0.29) is 5.92 Å². The van der Waals surface area contributed by atoms with Crippen molar-refractivity contribution >= 4 is 34.1 Å². The number of anilines is 2. The monoisotopic (exact) mass is 418 g/mol. The second-order valence-corrected chi connectivity index (χ2v) is 8.65. The normalized spacial score (nSPS) is 17.8. The van der Waals surface area contributed by atoms with E-state index in [2.05, 4.69) is 38.8 Å². The smallest absolute Gasteiger partial charge is 0.150 e. The predicted octanol–water partition coefficient (Wildman–Crippen LogP) is 4.33. The van der Waals surface area contributed by atoms with Gasteiger partial charge in [-0.2, -0.15) is 5.26 Å². The Bertz CT molecular complexity index is 1130. The van der Waals surface area contributed by atoms with E-state index < -0.39 is 0 Å². The average Bonchev–Trinajstić information content (AvgIpc) is 2.73. The van der Waals surface area contributed by atoms with Crippen molar-refractivity contribution < 1.29 is 0 Å². The van der Waals surface area contributed by atoms with Crippen LogP contribution in [-0.2, 0) is 0 Å². The summed E-state index contributed by atoms with van der Waals surface area (Å²) >= 11 is 6.17. The molecule has 0 atom stereocenters. The Hall–Kier alpha value is -2.91. The number of fused-ring (bicyclic) bond motifs is 1. The highest BCUT2D eigenvalue weighted by Crippen LogP contribution is 2.36. The van der Waals surface area contributed by atoms with E-state index in [1.54, 1.807) is 12.4 Å². The van der Waals surface area contributed by atoms with Gasteiger partial charge in [-0.05, 0) is 43.5 Å². The van der Waals surface area contributed by atoms with Crippen molar-refractivity contribution in [2.75, 3.05) is 36.0 Å². The molecular formula is C23H23ClN6. The molecule has 1 aromatic carbocycles. The van der Waals surface area contributed by atoms with Crippen molar-refractivity contribution in [2.45, 2.75) is 25.7 Å². The minimum Gasteiger partial charge on any atom is -0.355 e. The second kappa shape index (κ2) is 7.73. The summed E-state index contributed by atoms with van der Waals surface area (Å²) in [5.74, 6) is 2.46. The van der Waals surface area contributed by atoms with Gasteiger partial charge in [-0.15, -0.1) is 0 Å². The summed E-state index contributed by atoms with van der Waals surface area (Å²) in [4.78, 5) is 18.8. The standard InChI is InChI=1S/C23H23ClN6/c1-15-10-21(28-20-11-18(24)2-3-19(15)20)30-13-17(14-30)22-23(27-7-6-26-22)29-8-4-16(12-25)5-9-29/h2-3,6-7,10-11,16-17H,4-5,8-9,13-14H2,1H3. The molecule has 7 heteroatoms. The van der Waals surface area contributed by atoms with Gasteiger partial charge in [-0.3, -0.25) is 4.98 Å². The molecule has 3 aromatic rings. The molecule has 30 heavy (non-hydrogen) atoms. The van der Waals surface area contributed by atoms with Crippen molar-refractivity contribution in [3.8, 4) is 6.07 Å². The number of pyridine rings is 1. The molecule has 0 spiro atoms. The Balaban J connectivity index is 1.34. The van der Waals surface area contributed by atoms with Gasteiger partial charge in [-0.25, -0.2) is 9.97 Å². The molecule has 0 saturated carbocycles. The van der Waals surface area contributed by atoms with Crippen LogP contribution >= 0.6 is 11.6 Å². The van der Waals surface area contributed by atoms with Crippen LogP contribution in [0.25, 0.3) is 10.9 Å². The van der Waals surface area contributed by atoms with E-state index >= 15 is 0 Å². The number of nitrogens with zero attached hydrogens (tertiary/aromatic N) is 6. The van der Waals surface area contributed by atoms with Crippen molar-refractivity contribution in [1.29, 1.82) is 5.26 Å². The van der Waals surface area contributed by atoms with Crippen molar-refractivity contribution in [2.24, 2.45) is 5.92 Å². The number of hydrogen-bond acceptors (Lipinski definition) is 6. The number of aromatic nitrogens is 3. The molecule has 0 bridgehead atoms. The highest BCUT2D eigenvalue weighted by Gasteiger charge is 2.34. The second-order valence-electron chi connectivity index (χ2n) is 8.22. The largest absolute Gasteiger partial charge is 0.355 e. The van der Waals surface area contributed by atoms with Crippen LogP contribution in [0.3, 0.4) is 0 Å². The van der Waals surface area contributed by atoms with Gasteiger partial charge in [0.2, 0.25) is 0 Å². The molecule has 0 N–H and O–H groups in total. The maximum Gasteiger partial charge on any atom is 0.150 e. The molecule has 5 rings (SSSR count). The van der Waals surface area contributed by atoms with Crippen LogP contribution < -0.4 is 9.80 Å². The molecule has 2 aliphatic rings. The first kappa shape index (κ1) is 19.1. The predicted molar refractivity (Wildman–Crippen MR) is 119 cm³/mol. The molecule has 2 fully saturated rings. The number of rotatable bonds is 3. The SMILES string of the molecule is Cc1cc(N2CC(c3nccnc3N3CCC(C#N)CC3)C2)nc2cc(Cl)ccc12. The summed E-state index contributed by atoms with van der Waals surface area (Å²) in [6, 6.07) is 10.4. The number of piperidine rings is 1. The number of benzene rings is 1. The zero-order valence-corrected chi connectivity index (χ0v) is 17.7. The fourth-order valence-corrected chi connectivity index (χ4v) is 4.62. The minimum absolute atomic E-state index is 0.163. The lowest BCUT2D eigenvalue weighted by molar-refractivity contribution is 0.473. The fraction of sp³-hybridized carbons (Fsp3) is 0.391. The molecule has 0 aliphatic carbocycles. The summed E-state index contributed by atoms with van der Waals surface area (Å²) in [6.45, 7) is 5.60. The first-order valence-electron chi connectivity index (χ1n) is 10.4. The van der Waals surface area contributed by atoms with E-state index in [1.165, 1.54) is 5.56 Å². The average molecular weight is 419 g/mol. The highest BCUT2D eigenvalue weighted by atomic mass is 35.5. The van der Waals surface area contributed by atoms with Crippen molar-refractivity contribution in [3.63, 3.8) is 0 Å². The van der Waals surface area contributed by atoms with Gasteiger partial charge in [0.05, 0.1) is 17.3 Å². The van der Waals surface area contributed by atoms with Crippen LogP contribution in [0, 0.1) is 24.2 Å². The highest BCUT2D eigenvalue weighted by molar-refractivity contribution is 6.31. The summed E-state index contributed by atoms with van der Waals surface area (Å²) < 4.78 is 0. The number of halogens is 1. The first-order valence-corrected chi connectivity index (χ1v) is 10.8. The van der Waals surface area contributed by atoms with Gasteiger partial charge >= 0.3 is 0 Å². The summed E-state index contributed by atoms with van der Waals surface area (Å²) in [5, 5.41) is 11.0. The van der Waals surface area contributed by atoms with E-state index in [0.29, 0.717) is 10.9 Å². The van der Waals surface area contributed by atoms with Crippen LogP contribution in [0.1, 0.15) is 30.0 Å². The molecule has 152 valence electrons. The third-order valence-electron chi connectivity index (χ3n) is 6.24. The third-order valence-corrected chi connectivity index (χ3v) is 6.48. The lowest BCUT2D eigenvalue weighted by Crippen LogP contribution is -2.47. The molecule has 0 radical (unpaired) electrons. The lowest BCUT2D eigenvalue weighted by atomic mass is 9.93. The number of aryl methyl sites for hydroxylation is 1.